The number of nitrogens with one attached hydrogen (secondary N) is 2. The first-order valence-corrected chi connectivity index (χ1v) is 12.3. The molecule has 1 saturated heterocycles. The number of hydrogen-bond acceptors (Lipinski definition) is 5. The van der Waals surface area contributed by atoms with Gasteiger partial charge in [-0.3, -0.25) is 9.69 Å². The van der Waals surface area contributed by atoms with Crippen LogP contribution in [0.3, 0.4) is 0 Å². The Kier molecular flexibility index (Phi) is 8.36. The molecule has 0 radical (unpaired) electrons. The van der Waals surface area contributed by atoms with Crippen molar-refractivity contribution in [2.75, 3.05) is 32.7 Å². The third-order valence-corrected chi connectivity index (χ3v) is 7.30. The third-order valence-electron chi connectivity index (χ3n) is 5.73. The Balaban J connectivity index is 1.57. The molecule has 1 aliphatic heterocycles. The molecule has 0 unspecified atom stereocenters. The largest absolute Gasteiger partial charge is 0.351 e. The predicted octanol–water partition coefficient (Wildman–Crippen LogP) is 1.95. The van der Waals surface area contributed by atoms with Crippen molar-refractivity contribution in [2.24, 2.45) is 0 Å². The maximum Gasteiger partial charge on any atom is 0.244 e. The second kappa shape index (κ2) is 11.0. The number of carbonyl (C=O) groups excluding carboxylic acids is 1. The number of likely N-dealkylation sites (N-methyl/N-ethyl adjacent to an activating group) is 1. The van der Waals surface area contributed by atoms with Gasteiger partial charge in [-0.05, 0) is 36.7 Å². The van der Waals surface area contributed by atoms with Crippen LogP contribution in [0, 0.1) is 5.82 Å². The number of carbonyl (C=O) groups is 1. The normalized spacial score (nSPS) is 16.6. The van der Waals surface area contributed by atoms with Crippen molar-refractivity contribution in [2.45, 2.75) is 37.9 Å². The van der Waals surface area contributed by atoms with E-state index in [1.54, 1.807) is 0 Å². The van der Waals surface area contributed by atoms with Crippen LogP contribution < -0.4 is 10.0 Å². The summed E-state index contributed by atoms with van der Waals surface area (Å²) in [5.41, 5.74) is 2.13. The van der Waals surface area contributed by atoms with Crippen LogP contribution in [0.25, 0.3) is 0 Å². The topological polar surface area (TPSA) is 81.8 Å². The van der Waals surface area contributed by atoms with Gasteiger partial charge in [0.2, 0.25) is 15.9 Å². The zero-order valence-electron chi connectivity index (χ0n) is 18.6. The van der Waals surface area contributed by atoms with Gasteiger partial charge in [0, 0.05) is 39.3 Å². The Hall–Kier alpha value is -2.33. The highest BCUT2D eigenvalue weighted by molar-refractivity contribution is 7.89. The second-order valence-corrected chi connectivity index (χ2v) is 9.65. The van der Waals surface area contributed by atoms with E-state index in [0.29, 0.717) is 0 Å². The molecular formula is C23H31FN4O3S. The van der Waals surface area contributed by atoms with Gasteiger partial charge in [0.05, 0.1) is 6.04 Å². The summed E-state index contributed by atoms with van der Waals surface area (Å²) in [7, 11) is -4.15. The highest BCUT2D eigenvalue weighted by Gasteiger charge is 2.24. The fourth-order valence-corrected chi connectivity index (χ4v) is 5.02. The number of halogens is 1. The monoisotopic (exact) mass is 462 g/mol. The number of nitrogens with zero attached hydrogens (tertiary/aromatic N) is 2. The zero-order valence-corrected chi connectivity index (χ0v) is 19.4. The van der Waals surface area contributed by atoms with Crippen LogP contribution in [0.5, 0.6) is 0 Å². The quantitative estimate of drug-likeness (QED) is 0.595. The summed E-state index contributed by atoms with van der Waals surface area (Å²) in [6.07, 6.45) is 0. The van der Waals surface area contributed by atoms with Crippen LogP contribution in [0.1, 0.15) is 25.0 Å². The van der Waals surface area contributed by atoms with Gasteiger partial charge in [0.25, 0.3) is 0 Å². The fraction of sp³-hybridized carbons (Fsp3) is 0.435. The lowest BCUT2D eigenvalue weighted by atomic mass is 10.1. The van der Waals surface area contributed by atoms with Gasteiger partial charge in [-0.15, -0.1) is 0 Å². The zero-order chi connectivity index (χ0) is 23.1. The van der Waals surface area contributed by atoms with E-state index in [4.69, 9.17) is 0 Å². The molecule has 1 atom stereocenters. The summed E-state index contributed by atoms with van der Waals surface area (Å²) >= 11 is 0. The van der Waals surface area contributed by atoms with Gasteiger partial charge < -0.3 is 10.2 Å². The summed E-state index contributed by atoms with van der Waals surface area (Å²) in [4.78, 5) is 16.9. The summed E-state index contributed by atoms with van der Waals surface area (Å²) in [5, 5.41) is 2.79. The van der Waals surface area contributed by atoms with Crippen molar-refractivity contribution < 1.29 is 17.6 Å². The first-order chi connectivity index (χ1) is 15.3. The number of amides is 1. The molecule has 7 nitrogen and oxygen atoms in total. The molecule has 1 heterocycles. The van der Waals surface area contributed by atoms with Gasteiger partial charge in [0.15, 0.2) is 0 Å². The highest BCUT2D eigenvalue weighted by atomic mass is 32.2. The molecule has 1 aliphatic rings. The van der Waals surface area contributed by atoms with E-state index in [-0.39, 0.29) is 6.54 Å². The Labute approximate surface area is 189 Å². The van der Waals surface area contributed by atoms with Gasteiger partial charge in [-0.2, -0.15) is 4.72 Å². The summed E-state index contributed by atoms with van der Waals surface area (Å²) < 4.78 is 40.9. The molecule has 3 rings (SSSR count). The van der Waals surface area contributed by atoms with E-state index in [1.165, 1.54) is 25.1 Å². The SMILES string of the molecule is CCN1CCN(Cc2ccccc2CNC(=O)[C@H](C)NS(=O)(=O)c2ccccc2F)CC1. The van der Waals surface area contributed by atoms with Crippen molar-refractivity contribution in [3.8, 4) is 0 Å². The van der Waals surface area contributed by atoms with Gasteiger partial charge in [-0.1, -0.05) is 43.3 Å². The van der Waals surface area contributed by atoms with Crippen molar-refractivity contribution in [1.29, 1.82) is 0 Å². The van der Waals surface area contributed by atoms with E-state index in [0.717, 1.165) is 56.5 Å². The number of rotatable bonds is 9. The van der Waals surface area contributed by atoms with E-state index in [1.807, 2.05) is 18.2 Å². The number of benzene rings is 2. The number of piperazine rings is 1. The molecule has 2 N–H and O–H groups in total. The molecule has 2 aromatic carbocycles. The molecule has 0 spiro atoms. The van der Waals surface area contributed by atoms with E-state index < -0.39 is 32.7 Å². The van der Waals surface area contributed by atoms with Gasteiger partial charge in [-0.25, -0.2) is 12.8 Å². The second-order valence-electron chi connectivity index (χ2n) is 7.97. The molecule has 0 aromatic heterocycles. The molecule has 0 saturated carbocycles. The minimum absolute atomic E-state index is 0.287. The fourth-order valence-electron chi connectivity index (χ4n) is 3.74. The smallest absolute Gasteiger partial charge is 0.244 e. The minimum atomic E-state index is -4.15. The van der Waals surface area contributed by atoms with E-state index in [2.05, 4.69) is 32.8 Å². The Morgan fingerprint density at radius 1 is 1.00 bits per heavy atom. The summed E-state index contributed by atoms with van der Waals surface area (Å²) in [6.45, 7) is 9.87. The molecule has 0 bridgehead atoms. The highest BCUT2D eigenvalue weighted by Crippen LogP contribution is 2.15. The molecule has 1 amide bonds. The molecule has 0 aliphatic carbocycles. The molecule has 32 heavy (non-hydrogen) atoms. The Bertz CT molecular complexity index is 1020. The van der Waals surface area contributed by atoms with E-state index in [9.17, 15) is 17.6 Å². The van der Waals surface area contributed by atoms with Crippen molar-refractivity contribution in [1.82, 2.24) is 19.8 Å². The van der Waals surface area contributed by atoms with Gasteiger partial charge in [0.1, 0.15) is 10.7 Å². The molecule has 174 valence electrons. The third kappa shape index (κ3) is 6.35. The maximum atomic E-state index is 13.9. The number of sulfonamides is 1. The van der Waals surface area contributed by atoms with E-state index >= 15 is 0 Å². The van der Waals surface area contributed by atoms with Crippen LogP contribution in [0.4, 0.5) is 4.39 Å². The lowest BCUT2D eigenvalue weighted by Crippen LogP contribution is -2.46. The van der Waals surface area contributed by atoms with Crippen LogP contribution in [-0.4, -0.2) is 62.9 Å². The molecule has 2 aromatic rings. The lowest BCUT2D eigenvalue weighted by molar-refractivity contribution is -0.122. The Morgan fingerprint density at radius 3 is 2.25 bits per heavy atom. The van der Waals surface area contributed by atoms with Crippen LogP contribution >= 0.6 is 0 Å². The number of hydrogen-bond donors (Lipinski definition) is 2. The van der Waals surface area contributed by atoms with Crippen molar-refractivity contribution in [3.05, 3.63) is 65.5 Å². The standard InChI is InChI=1S/C23H31FN4O3S/c1-3-27-12-14-28(15-13-27)17-20-9-5-4-8-19(20)16-25-23(29)18(2)26-32(30,31)22-11-7-6-10-21(22)24/h4-11,18,26H,3,12-17H2,1-2H3,(H,25,29)/t18-/m0/s1. The van der Waals surface area contributed by atoms with Crippen molar-refractivity contribution >= 4 is 15.9 Å². The maximum absolute atomic E-state index is 13.9. The first-order valence-electron chi connectivity index (χ1n) is 10.9. The lowest BCUT2D eigenvalue weighted by Gasteiger charge is -2.34. The molecular weight excluding hydrogens is 431 g/mol. The van der Waals surface area contributed by atoms with Crippen LogP contribution in [-0.2, 0) is 27.9 Å². The molecule has 1 fully saturated rings. The summed E-state index contributed by atoms with van der Waals surface area (Å²) in [5.74, 6) is -1.34. The predicted molar refractivity (Wildman–Crippen MR) is 122 cm³/mol. The summed E-state index contributed by atoms with van der Waals surface area (Å²) in [6, 6.07) is 11.9. The molecule has 9 heteroatoms. The minimum Gasteiger partial charge on any atom is -0.351 e. The van der Waals surface area contributed by atoms with Crippen LogP contribution in [0.2, 0.25) is 0 Å². The average molecular weight is 463 g/mol. The Morgan fingerprint density at radius 2 is 1.59 bits per heavy atom. The first kappa shape index (κ1) is 24.3. The van der Waals surface area contributed by atoms with Crippen LogP contribution in [0.15, 0.2) is 53.4 Å². The van der Waals surface area contributed by atoms with Crippen molar-refractivity contribution in [3.63, 3.8) is 0 Å². The average Bonchev–Trinajstić information content (AvgIpc) is 2.78. The van der Waals surface area contributed by atoms with Gasteiger partial charge >= 0.3 is 0 Å².